The molecule has 2 heteroatoms. The van der Waals surface area contributed by atoms with Crippen LogP contribution in [0.2, 0.25) is 5.31 Å². The molecule has 0 aromatic heterocycles. The summed E-state index contributed by atoms with van der Waals surface area (Å²) < 4.78 is 0. The Morgan fingerprint density at radius 1 is 1.50 bits per heavy atom. The first kappa shape index (κ1) is 7.20. The van der Waals surface area contributed by atoms with Crippen molar-refractivity contribution in [3.05, 3.63) is 36.1 Å². The molecule has 0 heterocycles. The molecule has 2 N–H and O–H groups in total. The standard InChI is InChI=1S/C8H12BN/c1-8(9)5-3-2-4-7(10)6-8/h2-6H,9-10H2,1H3. The van der Waals surface area contributed by atoms with E-state index in [9.17, 15) is 0 Å². The molecule has 0 aromatic carbocycles. The summed E-state index contributed by atoms with van der Waals surface area (Å²) in [4.78, 5) is 0. The lowest BCUT2D eigenvalue weighted by Crippen LogP contribution is -2.03. The van der Waals surface area contributed by atoms with Crippen LogP contribution in [0.25, 0.3) is 0 Å². The Hall–Kier alpha value is -0.915. The third-order valence-corrected chi connectivity index (χ3v) is 1.46. The van der Waals surface area contributed by atoms with Crippen molar-refractivity contribution in [2.75, 3.05) is 0 Å². The molecule has 1 nitrogen and oxygen atoms in total. The van der Waals surface area contributed by atoms with Crippen LogP contribution in [-0.2, 0) is 0 Å². The first-order valence-electron chi connectivity index (χ1n) is 3.44. The van der Waals surface area contributed by atoms with E-state index in [1.165, 1.54) is 0 Å². The largest absolute Gasteiger partial charge is 0.399 e. The van der Waals surface area contributed by atoms with Gasteiger partial charge in [0.15, 0.2) is 0 Å². The van der Waals surface area contributed by atoms with E-state index in [-0.39, 0.29) is 5.31 Å². The average molecular weight is 133 g/mol. The predicted molar refractivity (Wildman–Crippen MR) is 47.5 cm³/mol. The van der Waals surface area contributed by atoms with Crippen molar-refractivity contribution in [2.24, 2.45) is 5.73 Å². The van der Waals surface area contributed by atoms with Crippen molar-refractivity contribution in [3.63, 3.8) is 0 Å². The maximum atomic E-state index is 5.64. The van der Waals surface area contributed by atoms with Crippen LogP contribution in [-0.4, -0.2) is 7.85 Å². The molecule has 0 aromatic rings. The van der Waals surface area contributed by atoms with Gasteiger partial charge in [-0.25, -0.2) is 0 Å². The molecule has 0 fully saturated rings. The molecule has 1 rings (SSSR count). The Balaban J connectivity index is 2.93. The summed E-state index contributed by atoms with van der Waals surface area (Å²) in [6.45, 7) is 2.13. The maximum absolute atomic E-state index is 5.64. The molecule has 10 heavy (non-hydrogen) atoms. The first-order valence-corrected chi connectivity index (χ1v) is 3.44. The number of hydrogen-bond acceptors (Lipinski definition) is 1. The van der Waals surface area contributed by atoms with E-state index in [0.717, 1.165) is 5.70 Å². The lowest BCUT2D eigenvalue weighted by atomic mass is 9.70. The van der Waals surface area contributed by atoms with Crippen LogP contribution in [0.4, 0.5) is 0 Å². The molecule has 1 aliphatic carbocycles. The molecule has 0 saturated carbocycles. The quantitative estimate of drug-likeness (QED) is 0.485. The molecule has 1 atom stereocenters. The van der Waals surface area contributed by atoms with E-state index in [1.54, 1.807) is 0 Å². The third kappa shape index (κ3) is 1.80. The van der Waals surface area contributed by atoms with Gasteiger partial charge in [0.2, 0.25) is 0 Å². The second-order valence-electron chi connectivity index (χ2n) is 3.18. The zero-order valence-electron chi connectivity index (χ0n) is 6.46. The Kier molecular flexibility index (Phi) is 1.71. The number of hydrogen-bond donors (Lipinski definition) is 1. The van der Waals surface area contributed by atoms with Gasteiger partial charge in [-0.1, -0.05) is 31.2 Å². The smallest absolute Gasteiger partial charge is 0.119 e. The summed E-state index contributed by atoms with van der Waals surface area (Å²) in [5.41, 5.74) is 6.49. The fourth-order valence-corrected chi connectivity index (χ4v) is 0.996. The van der Waals surface area contributed by atoms with Crippen LogP contribution < -0.4 is 5.73 Å². The van der Waals surface area contributed by atoms with E-state index in [0.29, 0.717) is 0 Å². The summed E-state index contributed by atoms with van der Waals surface area (Å²) in [7, 11) is 2.13. The first-order chi connectivity index (χ1) is 4.60. The van der Waals surface area contributed by atoms with Gasteiger partial charge < -0.3 is 5.73 Å². The van der Waals surface area contributed by atoms with Crippen LogP contribution >= 0.6 is 0 Å². The average Bonchev–Trinajstić information content (AvgIpc) is 1.90. The minimum atomic E-state index is 0.105. The van der Waals surface area contributed by atoms with Gasteiger partial charge in [-0.05, 0) is 11.4 Å². The highest BCUT2D eigenvalue weighted by atomic mass is 14.6. The van der Waals surface area contributed by atoms with Gasteiger partial charge >= 0.3 is 0 Å². The number of rotatable bonds is 0. The Morgan fingerprint density at radius 2 is 2.20 bits per heavy atom. The van der Waals surface area contributed by atoms with Gasteiger partial charge in [-0.2, -0.15) is 0 Å². The number of allylic oxidation sites excluding steroid dienone is 5. The van der Waals surface area contributed by atoms with Crippen molar-refractivity contribution < 1.29 is 0 Å². The normalized spacial score (nSPS) is 31.5. The van der Waals surface area contributed by atoms with E-state index in [1.807, 2.05) is 24.3 Å². The Morgan fingerprint density at radius 3 is 2.90 bits per heavy atom. The fraction of sp³-hybridized carbons (Fsp3) is 0.250. The molecule has 1 aliphatic rings. The summed E-state index contributed by atoms with van der Waals surface area (Å²) in [5, 5.41) is 0.105. The molecule has 0 saturated heterocycles. The van der Waals surface area contributed by atoms with Gasteiger partial charge in [0.1, 0.15) is 7.85 Å². The van der Waals surface area contributed by atoms with Crippen LogP contribution in [0.3, 0.4) is 0 Å². The molecule has 52 valence electrons. The molecule has 1 unspecified atom stereocenters. The van der Waals surface area contributed by atoms with Crippen molar-refractivity contribution in [3.8, 4) is 0 Å². The van der Waals surface area contributed by atoms with E-state index < -0.39 is 0 Å². The minimum Gasteiger partial charge on any atom is -0.399 e. The topological polar surface area (TPSA) is 26.0 Å². The summed E-state index contributed by atoms with van der Waals surface area (Å²) in [6.07, 6.45) is 10.1. The van der Waals surface area contributed by atoms with Crippen LogP contribution in [0.1, 0.15) is 6.92 Å². The fourth-order valence-electron chi connectivity index (χ4n) is 0.996. The highest BCUT2D eigenvalue weighted by Crippen LogP contribution is 2.26. The predicted octanol–water partition coefficient (Wildman–Crippen LogP) is 0.767. The van der Waals surface area contributed by atoms with Gasteiger partial charge in [-0.15, -0.1) is 0 Å². The summed E-state index contributed by atoms with van der Waals surface area (Å²) in [6, 6.07) is 0. The maximum Gasteiger partial charge on any atom is 0.119 e. The molecular weight excluding hydrogens is 121 g/mol. The van der Waals surface area contributed by atoms with Crippen LogP contribution in [0, 0.1) is 0 Å². The van der Waals surface area contributed by atoms with Gasteiger partial charge in [-0.3, -0.25) is 0 Å². The van der Waals surface area contributed by atoms with Crippen LogP contribution in [0.5, 0.6) is 0 Å². The molecule has 0 amide bonds. The van der Waals surface area contributed by atoms with E-state index in [2.05, 4.69) is 20.8 Å². The van der Waals surface area contributed by atoms with Gasteiger partial charge in [0.05, 0.1) is 0 Å². The summed E-state index contributed by atoms with van der Waals surface area (Å²) >= 11 is 0. The third-order valence-electron chi connectivity index (χ3n) is 1.46. The zero-order chi connectivity index (χ0) is 7.61. The monoisotopic (exact) mass is 133 g/mol. The molecule has 0 aliphatic heterocycles. The highest BCUT2D eigenvalue weighted by molar-refractivity contribution is 6.18. The van der Waals surface area contributed by atoms with E-state index in [4.69, 9.17) is 5.73 Å². The minimum absolute atomic E-state index is 0.105. The van der Waals surface area contributed by atoms with Crippen molar-refractivity contribution in [1.29, 1.82) is 0 Å². The van der Waals surface area contributed by atoms with Gasteiger partial charge in [0.25, 0.3) is 0 Å². The second kappa shape index (κ2) is 2.37. The molecule has 0 radical (unpaired) electrons. The molecule has 0 bridgehead atoms. The summed E-state index contributed by atoms with van der Waals surface area (Å²) in [5.74, 6) is 0. The van der Waals surface area contributed by atoms with Crippen molar-refractivity contribution >= 4 is 7.85 Å². The van der Waals surface area contributed by atoms with E-state index >= 15 is 0 Å². The Bertz CT molecular complexity index is 211. The molecular formula is C8H12BN. The highest BCUT2D eigenvalue weighted by Gasteiger charge is 2.10. The second-order valence-corrected chi connectivity index (χ2v) is 3.18. The number of nitrogens with two attached hydrogens (primary N) is 1. The molecule has 0 spiro atoms. The zero-order valence-corrected chi connectivity index (χ0v) is 6.46. The van der Waals surface area contributed by atoms with Crippen molar-refractivity contribution in [1.82, 2.24) is 0 Å². The SMILES string of the molecule is BC1(C)C=CC=CC(N)=C1. The lowest BCUT2D eigenvalue weighted by molar-refractivity contribution is 0.959. The lowest BCUT2D eigenvalue weighted by Gasteiger charge is -2.13. The van der Waals surface area contributed by atoms with Gasteiger partial charge in [0, 0.05) is 5.70 Å². The van der Waals surface area contributed by atoms with Crippen LogP contribution in [0.15, 0.2) is 36.1 Å². The van der Waals surface area contributed by atoms with Crippen molar-refractivity contribution in [2.45, 2.75) is 12.2 Å². The Labute approximate surface area is 62.7 Å².